The Labute approximate surface area is 110 Å². The zero-order chi connectivity index (χ0) is 13.3. The van der Waals surface area contributed by atoms with Crippen LogP contribution in [0.1, 0.15) is 40.0 Å². The maximum absolute atomic E-state index is 6.09. The van der Waals surface area contributed by atoms with Gasteiger partial charge in [-0.2, -0.15) is 0 Å². The Kier molecular flexibility index (Phi) is 3.83. The molecule has 1 aliphatic rings. The van der Waals surface area contributed by atoms with Crippen molar-refractivity contribution < 1.29 is 4.74 Å². The largest absolute Gasteiger partial charge is 0.472 e. The second-order valence-corrected chi connectivity index (χ2v) is 6.05. The molecule has 0 bridgehead atoms. The molecule has 3 unspecified atom stereocenters. The van der Waals surface area contributed by atoms with Crippen molar-refractivity contribution in [2.75, 3.05) is 5.73 Å². The number of nitrogen functional groups attached to an aromatic ring is 1. The Bertz CT molecular complexity index is 400. The number of nitrogens with zero attached hydrogens (tertiary/aromatic N) is 2. The van der Waals surface area contributed by atoms with Crippen LogP contribution in [0.15, 0.2) is 6.20 Å². The molecule has 4 heteroatoms. The van der Waals surface area contributed by atoms with Crippen LogP contribution in [0.4, 0.5) is 5.69 Å². The summed E-state index contributed by atoms with van der Waals surface area (Å²) in [4.78, 5) is 0. The number of ether oxygens (including phenoxy) is 1. The number of hydrogen-bond acceptors (Lipinski definition) is 3. The quantitative estimate of drug-likeness (QED) is 0.898. The molecule has 4 nitrogen and oxygen atoms in total. The number of nitrogens with two attached hydrogens (primary N) is 1. The van der Waals surface area contributed by atoms with Gasteiger partial charge in [-0.25, -0.2) is 0 Å². The summed E-state index contributed by atoms with van der Waals surface area (Å²) in [6, 6.07) is 0. The van der Waals surface area contributed by atoms with E-state index in [0.29, 0.717) is 23.4 Å². The first-order valence-electron chi connectivity index (χ1n) is 6.93. The Morgan fingerprint density at radius 1 is 1.44 bits per heavy atom. The first kappa shape index (κ1) is 13.2. The van der Waals surface area contributed by atoms with Crippen molar-refractivity contribution in [2.24, 2.45) is 24.8 Å². The molecule has 102 valence electrons. The van der Waals surface area contributed by atoms with E-state index in [4.69, 9.17) is 10.5 Å². The van der Waals surface area contributed by atoms with Gasteiger partial charge in [0.05, 0.1) is 6.20 Å². The maximum atomic E-state index is 6.09. The molecule has 0 amide bonds. The van der Waals surface area contributed by atoms with Crippen molar-refractivity contribution in [3.63, 3.8) is 0 Å². The highest BCUT2D eigenvalue weighted by molar-refractivity contribution is 5.45. The topological polar surface area (TPSA) is 53.1 Å². The van der Waals surface area contributed by atoms with E-state index >= 15 is 0 Å². The van der Waals surface area contributed by atoms with Gasteiger partial charge in [0, 0.05) is 7.05 Å². The molecule has 2 N–H and O–H groups in total. The second-order valence-electron chi connectivity index (χ2n) is 6.05. The lowest BCUT2D eigenvalue weighted by Gasteiger charge is -2.36. The summed E-state index contributed by atoms with van der Waals surface area (Å²) in [5.41, 5.74) is 6.54. The van der Waals surface area contributed by atoms with Crippen LogP contribution in [0, 0.1) is 17.8 Å². The lowest BCUT2D eigenvalue weighted by molar-refractivity contribution is 0.0427. The molecular formula is C14H25N3O. The first-order chi connectivity index (χ1) is 8.47. The standard InChI is InChI=1S/C14H25N3O/c1-9(2)11-6-5-10(3)7-13(11)18-14-12(15)8-17(4)16-14/h8-11,13H,5-7,15H2,1-4H3. The highest BCUT2D eigenvalue weighted by Crippen LogP contribution is 2.36. The van der Waals surface area contributed by atoms with Crippen LogP contribution < -0.4 is 10.5 Å². The van der Waals surface area contributed by atoms with Crippen LogP contribution in [0.3, 0.4) is 0 Å². The van der Waals surface area contributed by atoms with Crippen molar-refractivity contribution in [1.82, 2.24) is 9.78 Å². The monoisotopic (exact) mass is 251 g/mol. The highest BCUT2D eigenvalue weighted by atomic mass is 16.5. The van der Waals surface area contributed by atoms with E-state index in [9.17, 15) is 0 Å². The van der Waals surface area contributed by atoms with Crippen LogP contribution in [-0.4, -0.2) is 15.9 Å². The van der Waals surface area contributed by atoms with Crippen LogP contribution in [0.2, 0.25) is 0 Å². The molecule has 0 aromatic carbocycles. The third-order valence-electron chi connectivity index (χ3n) is 4.05. The Balaban J connectivity index is 2.11. The van der Waals surface area contributed by atoms with E-state index in [1.807, 2.05) is 7.05 Å². The Morgan fingerprint density at radius 2 is 2.17 bits per heavy atom. The maximum Gasteiger partial charge on any atom is 0.256 e. The van der Waals surface area contributed by atoms with Gasteiger partial charge < -0.3 is 10.5 Å². The average molecular weight is 251 g/mol. The van der Waals surface area contributed by atoms with Crippen LogP contribution in [0.25, 0.3) is 0 Å². The predicted octanol–water partition coefficient (Wildman–Crippen LogP) is 2.84. The SMILES string of the molecule is CC1CCC(C(C)C)C(Oc2nn(C)cc2N)C1. The smallest absolute Gasteiger partial charge is 0.256 e. The number of hydrogen-bond donors (Lipinski definition) is 1. The lowest BCUT2D eigenvalue weighted by atomic mass is 9.75. The van der Waals surface area contributed by atoms with Gasteiger partial charge in [0.2, 0.25) is 0 Å². The van der Waals surface area contributed by atoms with Crippen molar-refractivity contribution in [3.05, 3.63) is 6.20 Å². The molecule has 0 aliphatic heterocycles. The zero-order valence-electron chi connectivity index (χ0n) is 11.9. The minimum Gasteiger partial charge on any atom is -0.472 e. The summed E-state index contributed by atoms with van der Waals surface area (Å²) in [5.74, 6) is 2.59. The van der Waals surface area contributed by atoms with E-state index in [1.54, 1.807) is 10.9 Å². The van der Waals surface area contributed by atoms with Gasteiger partial charge >= 0.3 is 0 Å². The van der Waals surface area contributed by atoms with Gasteiger partial charge in [0.1, 0.15) is 11.8 Å². The van der Waals surface area contributed by atoms with Gasteiger partial charge in [0.15, 0.2) is 0 Å². The van der Waals surface area contributed by atoms with E-state index < -0.39 is 0 Å². The molecule has 3 atom stereocenters. The summed E-state index contributed by atoms with van der Waals surface area (Å²) >= 11 is 0. The number of anilines is 1. The lowest BCUT2D eigenvalue weighted by Crippen LogP contribution is -2.36. The molecule has 0 radical (unpaired) electrons. The molecule has 1 heterocycles. The molecule has 0 saturated heterocycles. The van der Waals surface area contributed by atoms with E-state index in [2.05, 4.69) is 25.9 Å². The molecule has 0 spiro atoms. The molecule has 1 fully saturated rings. The minimum absolute atomic E-state index is 0.256. The van der Waals surface area contributed by atoms with E-state index in [1.165, 1.54) is 12.8 Å². The summed E-state index contributed by atoms with van der Waals surface area (Å²) < 4.78 is 7.80. The fourth-order valence-corrected chi connectivity index (χ4v) is 2.97. The number of rotatable bonds is 3. The van der Waals surface area contributed by atoms with Crippen LogP contribution in [0.5, 0.6) is 5.88 Å². The summed E-state index contributed by atoms with van der Waals surface area (Å²) in [7, 11) is 1.87. The van der Waals surface area contributed by atoms with Gasteiger partial charge in [-0.3, -0.25) is 4.68 Å². The fraction of sp³-hybridized carbons (Fsp3) is 0.786. The fourth-order valence-electron chi connectivity index (χ4n) is 2.97. The molecule has 1 aromatic rings. The van der Waals surface area contributed by atoms with Gasteiger partial charge in [0.25, 0.3) is 5.88 Å². The number of aryl methyl sites for hydroxylation is 1. The van der Waals surface area contributed by atoms with Gasteiger partial charge in [-0.05, 0) is 30.6 Å². The Morgan fingerprint density at radius 3 is 2.72 bits per heavy atom. The first-order valence-corrected chi connectivity index (χ1v) is 6.93. The average Bonchev–Trinajstić information content (AvgIpc) is 2.57. The summed E-state index contributed by atoms with van der Waals surface area (Å²) in [6.07, 6.45) is 5.72. The Hall–Kier alpha value is -1.19. The predicted molar refractivity (Wildman–Crippen MR) is 73.4 cm³/mol. The molecule has 1 aliphatic carbocycles. The highest BCUT2D eigenvalue weighted by Gasteiger charge is 2.33. The summed E-state index contributed by atoms with van der Waals surface area (Å²) in [6.45, 7) is 6.85. The normalized spacial score (nSPS) is 28.6. The minimum atomic E-state index is 0.256. The summed E-state index contributed by atoms with van der Waals surface area (Å²) in [5, 5.41) is 4.29. The van der Waals surface area contributed by atoms with Crippen LogP contribution >= 0.6 is 0 Å². The van der Waals surface area contributed by atoms with Crippen molar-refractivity contribution in [3.8, 4) is 5.88 Å². The molecule has 18 heavy (non-hydrogen) atoms. The molecular weight excluding hydrogens is 226 g/mol. The third-order valence-corrected chi connectivity index (χ3v) is 4.05. The number of aromatic nitrogens is 2. The van der Waals surface area contributed by atoms with Gasteiger partial charge in [-0.15, -0.1) is 5.10 Å². The third kappa shape index (κ3) is 2.79. The van der Waals surface area contributed by atoms with Crippen LogP contribution in [-0.2, 0) is 7.05 Å². The van der Waals surface area contributed by atoms with Gasteiger partial charge in [-0.1, -0.05) is 27.2 Å². The molecule has 2 rings (SSSR count). The van der Waals surface area contributed by atoms with E-state index in [-0.39, 0.29) is 6.10 Å². The van der Waals surface area contributed by atoms with E-state index in [0.717, 1.165) is 12.3 Å². The molecule has 1 aromatic heterocycles. The molecule has 1 saturated carbocycles. The van der Waals surface area contributed by atoms with Crippen molar-refractivity contribution in [2.45, 2.75) is 46.1 Å². The van der Waals surface area contributed by atoms with Crippen molar-refractivity contribution in [1.29, 1.82) is 0 Å². The second kappa shape index (κ2) is 5.21. The van der Waals surface area contributed by atoms with Crippen molar-refractivity contribution >= 4 is 5.69 Å². The zero-order valence-corrected chi connectivity index (χ0v) is 11.9.